The highest BCUT2D eigenvalue weighted by Crippen LogP contribution is 2.43. The number of alkyl halides is 6. The predicted molar refractivity (Wildman–Crippen MR) is 114 cm³/mol. The molecule has 0 aliphatic rings. The van der Waals surface area contributed by atoms with Gasteiger partial charge in [-0.3, -0.25) is 0 Å². The molecule has 0 aliphatic heterocycles. The lowest BCUT2D eigenvalue weighted by Gasteiger charge is -2.17. The molecule has 2 aromatic carbocycles. The fourth-order valence-corrected chi connectivity index (χ4v) is 2.60. The van der Waals surface area contributed by atoms with E-state index in [4.69, 9.17) is 9.47 Å². The molecule has 0 fully saturated rings. The van der Waals surface area contributed by atoms with E-state index in [9.17, 15) is 35.9 Å². The van der Waals surface area contributed by atoms with E-state index in [0.29, 0.717) is 24.7 Å². The number of esters is 2. The fraction of sp³-hybridized carbons (Fsp3) is 0.0833. The SMILES string of the molecule is C=CC(=O)OC=COc1ccc(-c2ccc(OC=COC(=O)C=C)c(C(F)(F)F)c2)c(C(F)(F)F)c1. The van der Waals surface area contributed by atoms with Gasteiger partial charge in [-0.05, 0) is 35.4 Å². The molecule has 0 unspecified atom stereocenters. The number of rotatable bonds is 9. The number of carbonyl (C=O) groups is 2. The summed E-state index contributed by atoms with van der Waals surface area (Å²) < 4.78 is 101. The Kier molecular flexibility index (Phi) is 9.08. The maximum Gasteiger partial charge on any atom is 0.420 e. The van der Waals surface area contributed by atoms with Crippen molar-refractivity contribution in [3.05, 3.63) is 97.9 Å². The smallest absolute Gasteiger partial charge is 0.420 e. The molecule has 0 amide bonds. The first-order chi connectivity index (χ1) is 16.9. The van der Waals surface area contributed by atoms with Gasteiger partial charge in [-0.1, -0.05) is 25.3 Å². The minimum atomic E-state index is -4.99. The third-order valence-corrected chi connectivity index (χ3v) is 4.10. The molecular formula is C24H16F6O6. The second kappa shape index (κ2) is 11.8. The van der Waals surface area contributed by atoms with Crippen LogP contribution in [-0.2, 0) is 31.4 Å². The van der Waals surface area contributed by atoms with E-state index < -0.39 is 52.3 Å². The van der Waals surface area contributed by atoms with Crippen molar-refractivity contribution in [1.29, 1.82) is 0 Å². The summed E-state index contributed by atoms with van der Waals surface area (Å²) in [6.07, 6.45) is -5.41. The largest absolute Gasteiger partial charge is 0.462 e. The van der Waals surface area contributed by atoms with E-state index in [1.165, 1.54) is 0 Å². The Labute approximate surface area is 200 Å². The minimum Gasteiger partial charge on any atom is -0.462 e. The van der Waals surface area contributed by atoms with Gasteiger partial charge in [0.1, 0.15) is 36.5 Å². The Morgan fingerprint density at radius 1 is 0.694 bits per heavy atom. The molecule has 12 heteroatoms. The van der Waals surface area contributed by atoms with Crippen LogP contribution in [0.4, 0.5) is 26.3 Å². The molecule has 190 valence electrons. The highest BCUT2D eigenvalue weighted by molar-refractivity contribution is 5.82. The van der Waals surface area contributed by atoms with Gasteiger partial charge in [-0.15, -0.1) is 0 Å². The van der Waals surface area contributed by atoms with Crippen LogP contribution < -0.4 is 9.47 Å². The van der Waals surface area contributed by atoms with Crippen LogP contribution in [0.25, 0.3) is 11.1 Å². The van der Waals surface area contributed by atoms with Gasteiger partial charge in [-0.25, -0.2) is 9.59 Å². The molecule has 6 nitrogen and oxygen atoms in total. The van der Waals surface area contributed by atoms with Gasteiger partial charge in [0.15, 0.2) is 0 Å². The van der Waals surface area contributed by atoms with Crippen molar-refractivity contribution >= 4 is 11.9 Å². The van der Waals surface area contributed by atoms with Crippen LogP contribution in [0.3, 0.4) is 0 Å². The van der Waals surface area contributed by atoms with Crippen molar-refractivity contribution in [1.82, 2.24) is 0 Å². The third kappa shape index (κ3) is 7.79. The topological polar surface area (TPSA) is 71.1 Å². The first-order valence-corrected chi connectivity index (χ1v) is 9.59. The molecule has 0 N–H and O–H groups in total. The van der Waals surface area contributed by atoms with Crippen LogP contribution in [-0.4, -0.2) is 11.9 Å². The number of hydrogen-bond donors (Lipinski definition) is 0. The molecule has 0 bridgehead atoms. The Balaban J connectivity index is 2.42. The van der Waals surface area contributed by atoms with Crippen LogP contribution in [0.1, 0.15) is 11.1 Å². The van der Waals surface area contributed by atoms with Crippen LogP contribution in [0.5, 0.6) is 11.5 Å². The Hall–Kier alpha value is -4.48. The Morgan fingerprint density at radius 2 is 1.25 bits per heavy atom. The molecule has 0 aliphatic carbocycles. The molecular weight excluding hydrogens is 498 g/mol. The number of benzene rings is 2. The zero-order valence-corrected chi connectivity index (χ0v) is 18.1. The summed E-state index contributed by atoms with van der Waals surface area (Å²) in [6.45, 7) is 6.28. The van der Waals surface area contributed by atoms with Crippen molar-refractivity contribution < 1.29 is 54.9 Å². The zero-order valence-electron chi connectivity index (χ0n) is 18.1. The number of carbonyl (C=O) groups excluding carboxylic acids is 2. The van der Waals surface area contributed by atoms with E-state index in [0.717, 1.165) is 48.9 Å². The van der Waals surface area contributed by atoms with Gasteiger partial charge in [0.05, 0.1) is 11.1 Å². The van der Waals surface area contributed by atoms with E-state index >= 15 is 0 Å². The lowest BCUT2D eigenvalue weighted by atomic mass is 9.97. The second-order valence-corrected chi connectivity index (χ2v) is 6.48. The predicted octanol–water partition coefficient (Wildman–Crippen LogP) is 6.55. The summed E-state index contributed by atoms with van der Waals surface area (Å²) in [5.41, 5.74) is -3.63. The lowest BCUT2D eigenvalue weighted by molar-refractivity contribution is -0.139. The van der Waals surface area contributed by atoms with E-state index in [2.05, 4.69) is 22.6 Å². The maximum atomic E-state index is 13.7. The number of halogens is 6. The van der Waals surface area contributed by atoms with E-state index in [1.54, 1.807) is 0 Å². The molecule has 0 saturated heterocycles. The summed E-state index contributed by atoms with van der Waals surface area (Å²) in [4.78, 5) is 21.9. The summed E-state index contributed by atoms with van der Waals surface area (Å²) in [5.74, 6) is -2.79. The van der Waals surface area contributed by atoms with Crippen molar-refractivity contribution in [2.45, 2.75) is 12.4 Å². The summed E-state index contributed by atoms with van der Waals surface area (Å²) in [6, 6.07) is 4.88. The van der Waals surface area contributed by atoms with Crippen molar-refractivity contribution in [3.8, 4) is 22.6 Å². The quantitative estimate of drug-likeness (QED) is 0.164. The first kappa shape index (κ1) is 27.8. The van der Waals surface area contributed by atoms with Gasteiger partial charge in [0, 0.05) is 12.2 Å². The fourth-order valence-electron chi connectivity index (χ4n) is 2.60. The number of hydrogen-bond acceptors (Lipinski definition) is 6. The first-order valence-electron chi connectivity index (χ1n) is 9.59. The highest BCUT2D eigenvalue weighted by atomic mass is 19.4. The molecule has 0 atom stereocenters. The highest BCUT2D eigenvalue weighted by Gasteiger charge is 2.37. The van der Waals surface area contributed by atoms with Gasteiger partial charge < -0.3 is 18.9 Å². The molecule has 0 heterocycles. The van der Waals surface area contributed by atoms with Crippen molar-refractivity contribution in [2.75, 3.05) is 0 Å². The second-order valence-electron chi connectivity index (χ2n) is 6.48. The maximum absolute atomic E-state index is 13.7. The Morgan fingerprint density at radius 3 is 1.78 bits per heavy atom. The molecule has 0 aromatic heterocycles. The molecule has 2 rings (SSSR count). The van der Waals surface area contributed by atoms with Crippen LogP contribution in [0.2, 0.25) is 0 Å². The standard InChI is InChI=1S/C24H16F6O6/c1-3-21(31)35-11-9-33-16-6-7-17(18(14-16)23(25,26)27)15-5-8-20(19(13-15)24(28,29)30)34-10-12-36-22(32)4-2/h3-14H,1-2H2. The Bertz CT molecular complexity index is 1190. The van der Waals surface area contributed by atoms with Crippen molar-refractivity contribution in [3.63, 3.8) is 0 Å². The average molecular weight is 514 g/mol. The van der Waals surface area contributed by atoms with E-state index in [-0.39, 0.29) is 5.75 Å². The van der Waals surface area contributed by atoms with Gasteiger partial charge >= 0.3 is 24.3 Å². The van der Waals surface area contributed by atoms with Crippen LogP contribution in [0, 0.1) is 0 Å². The van der Waals surface area contributed by atoms with Gasteiger partial charge in [0.25, 0.3) is 0 Å². The zero-order chi connectivity index (χ0) is 26.9. The molecule has 0 saturated carbocycles. The van der Waals surface area contributed by atoms with Gasteiger partial charge in [0.2, 0.25) is 0 Å². The lowest BCUT2D eigenvalue weighted by Crippen LogP contribution is -2.10. The molecule has 2 aromatic rings. The summed E-state index contributed by atoms with van der Waals surface area (Å²) in [7, 11) is 0. The summed E-state index contributed by atoms with van der Waals surface area (Å²) in [5, 5.41) is 0. The molecule has 36 heavy (non-hydrogen) atoms. The van der Waals surface area contributed by atoms with Gasteiger partial charge in [-0.2, -0.15) is 26.3 Å². The van der Waals surface area contributed by atoms with Crippen molar-refractivity contribution in [2.24, 2.45) is 0 Å². The summed E-state index contributed by atoms with van der Waals surface area (Å²) >= 11 is 0. The monoisotopic (exact) mass is 514 g/mol. The van der Waals surface area contributed by atoms with E-state index in [1.807, 2.05) is 0 Å². The average Bonchev–Trinajstić information content (AvgIpc) is 2.82. The normalized spacial score (nSPS) is 11.8. The molecule has 0 spiro atoms. The van der Waals surface area contributed by atoms with Crippen LogP contribution >= 0.6 is 0 Å². The van der Waals surface area contributed by atoms with Crippen LogP contribution in [0.15, 0.2) is 86.8 Å². The third-order valence-electron chi connectivity index (χ3n) is 4.10. The minimum absolute atomic E-state index is 0.327. The molecule has 0 radical (unpaired) electrons. The number of ether oxygens (including phenoxy) is 4.